The first-order valence-electron chi connectivity index (χ1n) is 2.62. The first-order valence-corrected chi connectivity index (χ1v) is 3.42. The summed E-state index contributed by atoms with van der Waals surface area (Å²) >= 11 is 3.32. The second-order valence-corrected chi connectivity index (χ2v) is 2.57. The predicted molar refractivity (Wildman–Crippen MR) is 59.0 cm³/mol. The summed E-state index contributed by atoms with van der Waals surface area (Å²) in [6.07, 6.45) is 0. The fraction of sp³-hybridized carbons (Fsp3) is 0.143. The molecule has 0 saturated carbocycles. The van der Waals surface area contributed by atoms with Gasteiger partial charge in [0, 0.05) is 4.47 Å². The number of benzene rings is 1. The van der Waals surface area contributed by atoms with Crippen molar-refractivity contribution in [3.05, 3.63) is 28.7 Å². The van der Waals surface area contributed by atoms with Crippen LogP contribution in [-0.4, -0.2) is 30.2 Å². The third kappa shape index (κ3) is 5.06. The van der Waals surface area contributed by atoms with Crippen molar-refractivity contribution in [3.8, 4) is 5.75 Å². The van der Waals surface area contributed by atoms with E-state index in [-0.39, 0.29) is 42.9 Å². The molecular formula is C7H10Br2MgO. The molecule has 0 saturated heterocycles. The van der Waals surface area contributed by atoms with Crippen molar-refractivity contribution in [2.24, 2.45) is 0 Å². The second kappa shape index (κ2) is 7.40. The number of hydrogen-bond donors (Lipinski definition) is 0. The van der Waals surface area contributed by atoms with Gasteiger partial charge >= 0.3 is 23.1 Å². The Morgan fingerprint density at radius 3 is 2.09 bits per heavy atom. The number of halogens is 2. The first-order chi connectivity index (χ1) is 4.33. The molecule has 0 N–H and O–H groups in total. The molecule has 0 unspecified atom stereocenters. The molecule has 1 aromatic rings. The van der Waals surface area contributed by atoms with E-state index in [4.69, 9.17) is 4.74 Å². The molecule has 0 fully saturated rings. The van der Waals surface area contributed by atoms with Crippen molar-refractivity contribution < 1.29 is 7.59 Å². The van der Waals surface area contributed by atoms with E-state index in [0.717, 1.165) is 10.2 Å². The maximum atomic E-state index is 4.95. The molecule has 0 aliphatic heterocycles. The van der Waals surface area contributed by atoms with Gasteiger partial charge in [-0.05, 0) is 24.3 Å². The third-order valence-electron chi connectivity index (χ3n) is 1.05. The number of rotatable bonds is 1. The fourth-order valence-corrected chi connectivity index (χ4v) is 0.835. The molecule has 0 aliphatic carbocycles. The molecule has 0 spiro atoms. The van der Waals surface area contributed by atoms with Crippen LogP contribution in [0.1, 0.15) is 2.85 Å². The first kappa shape index (κ1) is 14.3. The summed E-state index contributed by atoms with van der Waals surface area (Å²) in [7, 11) is 1.66. The van der Waals surface area contributed by atoms with E-state index >= 15 is 0 Å². The van der Waals surface area contributed by atoms with Crippen LogP contribution in [0.2, 0.25) is 0 Å². The normalized spacial score (nSPS) is 7.45. The van der Waals surface area contributed by atoms with Crippen molar-refractivity contribution in [1.82, 2.24) is 0 Å². The molecule has 0 bridgehead atoms. The van der Waals surface area contributed by atoms with Gasteiger partial charge in [-0.1, -0.05) is 15.9 Å². The van der Waals surface area contributed by atoms with Gasteiger partial charge in [0.15, 0.2) is 0 Å². The molecule has 1 aromatic carbocycles. The van der Waals surface area contributed by atoms with Crippen LogP contribution in [0.15, 0.2) is 28.7 Å². The van der Waals surface area contributed by atoms with Crippen LogP contribution in [-0.2, 0) is 0 Å². The van der Waals surface area contributed by atoms with E-state index in [1.807, 2.05) is 24.3 Å². The fourth-order valence-electron chi connectivity index (χ4n) is 0.571. The Morgan fingerprint density at radius 2 is 1.73 bits per heavy atom. The number of hydrogen-bond acceptors (Lipinski definition) is 1. The maximum absolute atomic E-state index is 4.95. The predicted octanol–water partition coefficient (Wildman–Crippen LogP) is 2.88. The monoisotopic (exact) mass is 292 g/mol. The Balaban J connectivity index is -0.000000101. The molecule has 11 heavy (non-hydrogen) atoms. The zero-order valence-electron chi connectivity index (χ0n) is 8.21. The zero-order chi connectivity index (χ0) is 6.69. The van der Waals surface area contributed by atoms with E-state index < -0.39 is 0 Å². The van der Waals surface area contributed by atoms with Crippen LogP contribution in [0.3, 0.4) is 0 Å². The SMILES string of the molecule is Br.COc1ccc(Br)cc1.[H-].[H-].[Mg+2]. The van der Waals surface area contributed by atoms with E-state index in [2.05, 4.69) is 15.9 Å². The quantitative estimate of drug-likeness (QED) is 0.724. The molecular weight excluding hydrogens is 284 g/mol. The second-order valence-electron chi connectivity index (χ2n) is 1.66. The Kier molecular flexibility index (Phi) is 9.60. The van der Waals surface area contributed by atoms with Crippen LogP contribution in [0, 0.1) is 0 Å². The van der Waals surface area contributed by atoms with Gasteiger partial charge in [0.05, 0.1) is 7.11 Å². The van der Waals surface area contributed by atoms with Crippen LogP contribution >= 0.6 is 32.9 Å². The topological polar surface area (TPSA) is 9.23 Å². The van der Waals surface area contributed by atoms with Gasteiger partial charge in [-0.15, -0.1) is 17.0 Å². The van der Waals surface area contributed by atoms with Gasteiger partial charge in [0.25, 0.3) is 0 Å². The Morgan fingerprint density at radius 1 is 1.27 bits per heavy atom. The molecule has 1 rings (SSSR count). The van der Waals surface area contributed by atoms with Gasteiger partial charge in [-0.25, -0.2) is 0 Å². The van der Waals surface area contributed by atoms with E-state index in [1.165, 1.54) is 0 Å². The standard InChI is InChI=1S/C7H7BrO.BrH.Mg.2H/c1-9-7-4-2-6(8)3-5-7;;;;/h2-5H,1H3;1H;;;/q;;+2;2*-1. The zero-order valence-corrected chi connectivity index (χ0v) is 10.9. The van der Waals surface area contributed by atoms with Crippen molar-refractivity contribution in [3.63, 3.8) is 0 Å². The molecule has 0 aliphatic rings. The molecule has 0 aromatic heterocycles. The van der Waals surface area contributed by atoms with Crippen LogP contribution in [0.4, 0.5) is 0 Å². The van der Waals surface area contributed by atoms with Crippen molar-refractivity contribution in [2.45, 2.75) is 0 Å². The number of ether oxygens (including phenoxy) is 1. The van der Waals surface area contributed by atoms with Crippen LogP contribution < -0.4 is 4.74 Å². The van der Waals surface area contributed by atoms with Crippen molar-refractivity contribution in [2.75, 3.05) is 7.11 Å². The molecule has 4 heteroatoms. The van der Waals surface area contributed by atoms with Crippen LogP contribution in [0.25, 0.3) is 0 Å². The van der Waals surface area contributed by atoms with E-state index in [9.17, 15) is 0 Å². The molecule has 0 radical (unpaired) electrons. The smallest absolute Gasteiger partial charge is 1.00 e. The Labute approximate surface area is 105 Å². The van der Waals surface area contributed by atoms with E-state index in [1.54, 1.807) is 7.11 Å². The van der Waals surface area contributed by atoms with E-state index in [0.29, 0.717) is 0 Å². The summed E-state index contributed by atoms with van der Waals surface area (Å²) in [6.45, 7) is 0. The minimum Gasteiger partial charge on any atom is -1.00 e. The average Bonchev–Trinajstić information content (AvgIpc) is 1.90. The number of methoxy groups -OCH3 is 1. The maximum Gasteiger partial charge on any atom is 2.00 e. The van der Waals surface area contributed by atoms with Gasteiger partial charge in [-0.2, -0.15) is 0 Å². The minimum absolute atomic E-state index is 0. The van der Waals surface area contributed by atoms with Crippen molar-refractivity contribution >= 4 is 56.0 Å². The van der Waals surface area contributed by atoms with Gasteiger partial charge < -0.3 is 7.59 Å². The summed E-state index contributed by atoms with van der Waals surface area (Å²) in [4.78, 5) is 0. The summed E-state index contributed by atoms with van der Waals surface area (Å²) in [6, 6.07) is 7.70. The molecule has 0 amide bonds. The third-order valence-corrected chi connectivity index (χ3v) is 1.58. The Hall–Kier alpha value is 0.746. The summed E-state index contributed by atoms with van der Waals surface area (Å²) in [5.74, 6) is 0.887. The van der Waals surface area contributed by atoms with Gasteiger partial charge in [0.1, 0.15) is 5.75 Å². The minimum atomic E-state index is 0. The van der Waals surface area contributed by atoms with Crippen LogP contribution in [0.5, 0.6) is 5.75 Å². The average molecular weight is 294 g/mol. The molecule has 60 valence electrons. The summed E-state index contributed by atoms with van der Waals surface area (Å²) in [5, 5.41) is 0. The largest absolute Gasteiger partial charge is 2.00 e. The summed E-state index contributed by atoms with van der Waals surface area (Å²) in [5.41, 5.74) is 0. The van der Waals surface area contributed by atoms with Gasteiger partial charge in [0.2, 0.25) is 0 Å². The Bertz CT molecular complexity index is 196. The molecule has 1 nitrogen and oxygen atoms in total. The molecule has 0 atom stereocenters. The summed E-state index contributed by atoms with van der Waals surface area (Å²) < 4.78 is 6.02. The van der Waals surface area contributed by atoms with Gasteiger partial charge in [-0.3, -0.25) is 0 Å². The molecule has 0 heterocycles. The van der Waals surface area contributed by atoms with Crippen molar-refractivity contribution in [1.29, 1.82) is 0 Å².